The minimum absolute atomic E-state index is 0.172. The summed E-state index contributed by atoms with van der Waals surface area (Å²) in [6.45, 7) is 9.47. The van der Waals surface area contributed by atoms with Gasteiger partial charge in [0.1, 0.15) is 10.6 Å². The molecule has 0 spiro atoms. The van der Waals surface area contributed by atoms with E-state index in [9.17, 15) is 19.2 Å². The van der Waals surface area contributed by atoms with Gasteiger partial charge in [0.2, 0.25) is 11.8 Å². The molecule has 1 aromatic carbocycles. The van der Waals surface area contributed by atoms with Gasteiger partial charge in [0.25, 0.3) is 0 Å². The lowest BCUT2D eigenvalue weighted by atomic mass is 10.0. The van der Waals surface area contributed by atoms with Gasteiger partial charge in [-0.2, -0.15) is 0 Å². The van der Waals surface area contributed by atoms with Gasteiger partial charge in [-0.1, -0.05) is 13.0 Å². The number of amides is 3. The number of carbonyl (C=O) groups is 4. The summed E-state index contributed by atoms with van der Waals surface area (Å²) in [4.78, 5) is 53.2. The maximum absolute atomic E-state index is 13.3. The molecule has 3 rings (SSSR count). The Bertz CT molecular complexity index is 1190. The summed E-state index contributed by atoms with van der Waals surface area (Å²) in [5.74, 6) is -0.943. The van der Waals surface area contributed by atoms with E-state index in [1.54, 1.807) is 11.0 Å². The van der Waals surface area contributed by atoms with Crippen molar-refractivity contribution in [2.24, 2.45) is 0 Å². The Labute approximate surface area is 225 Å². The van der Waals surface area contributed by atoms with E-state index < -0.39 is 22.9 Å². The molecular formula is C26H33N3O6S2. The van der Waals surface area contributed by atoms with Gasteiger partial charge >= 0.3 is 12.1 Å². The summed E-state index contributed by atoms with van der Waals surface area (Å²) in [7, 11) is 1.31. The predicted molar refractivity (Wildman–Crippen MR) is 145 cm³/mol. The molecule has 0 saturated heterocycles. The number of carbonyl (C=O) groups excluding carboxylic acids is 4. The zero-order valence-electron chi connectivity index (χ0n) is 21.9. The van der Waals surface area contributed by atoms with Crippen molar-refractivity contribution in [3.05, 3.63) is 40.3 Å². The molecule has 2 heterocycles. The van der Waals surface area contributed by atoms with Crippen LogP contribution in [0.25, 0.3) is 0 Å². The molecule has 1 atom stereocenters. The van der Waals surface area contributed by atoms with E-state index in [0.717, 1.165) is 15.3 Å². The number of nitrogens with zero attached hydrogens (tertiary/aromatic N) is 1. The van der Waals surface area contributed by atoms with Gasteiger partial charge in [0, 0.05) is 28.9 Å². The highest BCUT2D eigenvalue weighted by Crippen LogP contribution is 2.39. The number of nitrogens with one attached hydrogen (secondary N) is 2. The van der Waals surface area contributed by atoms with E-state index in [-0.39, 0.29) is 18.4 Å². The van der Waals surface area contributed by atoms with E-state index in [1.807, 2.05) is 45.9 Å². The standard InChI is InChI=1S/C26H33N3O6S2/c1-7-19(36-17-10-8-9-16(13-17)27-15(2)30)22(31)28-23-21(24(32)34-6)18-11-12-29(14-20(18)37-23)25(33)35-26(3,4)5/h8-10,13,19H,7,11-12,14H2,1-6H3,(H,27,30)(H,28,31). The molecule has 3 amide bonds. The van der Waals surface area contributed by atoms with E-state index in [1.165, 1.54) is 37.1 Å². The van der Waals surface area contributed by atoms with Crippen molar-refractivity contribution < 1.29 is 28.7 Å². The Morgan fingerprint density at radius 2 is 1.92 bits per heavy atom. The molecule has 1 unspecified atom stereocenters. The second-order valence-electron chi connectivity index (χ2n) is 9.56. The molecule has 1 aliphatic rings. The van der Waals surface area contributed by atoms with Crippen molar-refractivity contribution in [3.63, 3.8) is 0 Å². The van der Waals surface area contributed by atoms with Crippen LogP contribution in [0.2, 0.25) is 0 Å². The Morgan fingerprint density at radius 1 is 1.19 bits per heavy atom. The highest BCUT2D eigenvalue weighted by Gasteiger charge is 2.33. The van der Waals surface area contributed by atoms with Crippen molar-refractivity contribution in [1.29, 1.82) is 0 Å². The van der Waals surface area contributed by atoms with E-state index >= 15 is 0 Å². The fourth-order valence-corrected chi connectivity index (χ4v) is 6.09. The first-order valence-corrected chi connectivity index (χ1v) is 13.7. The number of benzene rings is 1. The summed E-state index contributed by atoms with van der Waals surface area (Å²) < 4.78 is 10.5. The predicted octanol–water partition coefficient (Wildman–Crippen LogP) is 5.30. The molecule has 2 N–H and O–H groups in total. The smallest absolute Gasteiger partial charge is 0.410 e. The second-order valence-corrected chi connectivity index (χ2v) is 11.9. The van der Waals surface area contributed by atoms with E-state index in [0.29, 0.717) is 35.6 Å². The zero-order chi connectivity index (χ0) is 27.3. The number of anilines is 2. The fourth-order valence-electron chi connectivity index (χ4n) is 3.82. The van der Waals surface area contributed by atoms with Crippen molar-refractivity contribution in [1.82, 2.24) is 4.90 Å². The number of hydrogen-bond donors (Lipinski definition) is 2. The quantitative estimate of drug-likeness (QED) is 0.357. The molecule has 0 bridgehead atoms. The number of hydrogen-bond acceptors (Lipinski definition) is 8. The average molecular weight is 548 g/mol. The lowest BCUT2D eigenvalue weighted by molar-refractivity contribution is -0.116. The SMILES string of the molecule is CCC(Sc1cccc(NC(C)=O)c1)C(=O)Nc1sc2c(c1C(=O)OC)CCN(C(=O)OC(C)(C)C)C2. The minimum Gasteiger partial charge on any atom is -0.465 e. The zero-order valence-corrected chi connectivity index (χ0v) is 23.6. The van der Waals surface area contributed by atoms with Crippen LogP contribution in [0.15, 0.2) is 29.2 Å². The van der Waals surface area contributed by atoms with Gasteiger partial charge in [-0.3, -0.25) is 9.59 Å². The molecule has 1 aromatic heterocycles. The average Bonchev–Trinajstić information content (AvgIpc) is 3.17. The summed E-state index contributed by atoms with van der Waals surface area (Å²) in [5.41, 5.74) is 1.17. The third kappa shape index (κ3) is 7.48. The van der Waals surface area contributed by atoms with Crippen molar-refractivity contribution in [3.8, 4) is 0 Å². The molecule has 37 heavy (non-hydrogen) atoms. The van der Waals surface area contributed by atoms with Crippen molar-refractivity contribution >= 4 is 57.7 Å². The van der Waals surface area contributed by atoms with Crippen LogP contribution in [0.3, 0.4) is 0 Å². The van der Waals surface area contributed by atoms with Crippen LogP contribution in [0, 0.1) is 0 Å². The first kappa shape index (κ1) is 28.5. The van der Waals surface area contributed by atoms with E-state index in [2.05, 4.69) is 10.6 Å². The number of ether oxygens (including phenoxy) is 2. The van der Waals surface area contributed by atoms with Gasteiger partial charge < -0.3 is 25.0 Å². The largest absolute Gasteiger partial charge is 0.465 e. The van der Waals surface area contributed by atoms with Crippen LogP contribution in [0.5, 0.6) is 0 Å². The van der Waals surface area contributed by atoms with Crippen LogP contribution in [0.1, 0.15) is 61.8 Å². The maximum atomic E-state index is 13.3. The molecule has 200 valence electrons. The second kappa shape index (κ2) is 12.0. The Morgan fingerprint density at radius 3 is 2.54 bits per heavy atom. The van der Waals surface area contributed by atoms with Gasteiger partial charge in [0.05, 0.1) is 24.5 Å². The topological polar surface area (TPSA) is 114 Å². The first-order valence-electron chi connectivity index (χ1n) is 12.0. The molecule has 11 heteroatoms. The molecule has 0 fully saturated rings. The fraction of sp³-hybridized carbons (Fsp3) is 0.462. The number of thioether (sulfide) groups is 1. The van der Waals surface area contributed by atoms with E-state index in [4.69, 9.17) is 9.47 Å². The molecule has 0 saturated carbocycles. The lowest BCUT2D eigenvalue weighted by Crippen LogP contribution is -2.39. The van der Waals surface area contributed by atoms with Crippen LogP contribution < -0.4 is 10.6 Å². The molecule has 0 radical (unpaired) electrons. The monoisotopic (exact) mass is 547 g/mol. The Hall–Kier alpha value is -3.05. The summed E-state index contributed by atoms with van der Waals surface area (Å²) in [6.07, 6.45) is 0.583. The molecule has 2 aromatic rings. The van der Waals surface area contributed by atoms with Crippen LogP contribution in [-0.2, 0) is 32.0 Å². The van der Waals surface area contributed by atoms with Crippen LogP contribution in [0.4, 0.5) is 15.5 Å². The highest BCUT2D eigenvalue weighted by atomic mass is 32.2. The first-order chi connectivity index (χ1) is 17.4. The highest BCUT2D eigenvalue weighted by molar-refractivity contribution is 8.00. The van der Waals surface area contributed by atoms with Crippen LogP contribution >= 0.6 is 23.1 Å². The van der Waals surface area contributed by atoms with Crippen LogP contribution in [-0.4, -0.2) is 53.3 Å². The third-order valence-electron chi connectivity index (χ3n) is 5.43. The molecule has 0 aliphatic carbocycles. The van der Waals surface area contributed by atoms with Gasteiger partial charge in [-0.25, -0.2) is 9.59 Å². The number of rotatable bonds is 7. The van der Waals surface area contributed by atoms with Gasteiger partial charge in [-0.15, -0.1) is 23.1 Å². The Balaban J connectivity index is 1.80. The molecule has 1 aliphatic heterocycles. The van der Waals surface area contributed by atoms with Gasteiger partial charge in [0.15, 0.2) is 0 Å². The number of methoxy groups -OCH3 is 1. The Kier molecular flexibility index (Phi) is 9.25. The normalized spacial score (nSPS) is 13.8. The maximum Gasteiger partial charge on any atom is 0.410 e. The summed E-state index contributed by atoms with van der Waals surface area (Å²) in [5, 5.41) is 5.66. The summed E-state index contributed by atoms with van der Waals surface area (Å²) in [6, 6.07) is 7.29. The lowest BCUT2D eigenvalue weighted by Gasteiger charge is -2.30. The molecular weight excluding hydrogens is 514 g/mol. The minimum atomic E-state index is -0.613. The van der Waals surface area contributed by atoms with Crippen molar-refractivity contribution in [2.75, 3.05) is 24.3 Å². The van der Waals surface area contributed by atoms with Gasteiger partial charge in [-0.05, 0) is 57.4 Å². The third-order valence-corrected chi connectivity index (χ3v) is 7.92. The number of fused-ring (bicyclic) bond motifs is 1. The molecule has 9 nitrogen and oxygen atoms in total. The number of thiophene rings is 1. The summed E-state index contributed by atoms with van der Waals surface area (Å²) >= 11 is 2.66. The van der Waals surface area contributed by atoms with Crippen molar-refractivity contribution in [2.45, 2.75) is 69.8 Å². The number of esters is 1.